The molecule has 0 unspecified atom stereocenters. The van der Waals surface area contributed by atoms with Gasteiger partial charge in [0.25, 0.3) is 5.91 Å². The quantitative estimate of drug-likeness (QED) is 0.673. The zero-order chi connectivity index (χ0) is 24.3. The van der Waals surface area contributed by atoms with Crippen molar-refractivity contribution in [3.63, 3.8) is 0 Å². The molecule has 10 heteroatoms. The Balaban J connectivity index is 1.19. The van der Waals surface area contributed by atoms with Gasteiger partial charge in [-0.15, -0.1) is 0 Å². The molecule has 182 valence electrons. The Labute approximate surface area is 200 Å². The molecule has 4 heterocycles. The summed E-state index contributed by atoms with van der Waals surface area (Å²) in [6.45, 7) is 3.40. The number of hydrogen-bond acceptors (Lipinski definition) is 6. The first-order valence-electron chi connectivity index (χ1n) is 11.8. The van der Waals surface area contributed by atoms with Crippen LogP contribution in [0.4, 0.5) is 14.5 Å². The number of piperidine rings is 1. The fraction of sp³-hybridized carbons (Fsp3) is 0.400. The van der Waals surface area contributed by atoms with Crippen LogP contribution in [0.3, 0.4) is 0 Å². The maximum absolute atomic E-state index is 13.6. The first-order valence-corrected chi connectivity index (χ1v) is 11.8. The predicted molar refractivity (Wildman–Crippen MR) is 121 cm³/mol. The molecule has 2 fully saturated rings. The van der Waals surface area contributed by atoms with E-state index in [2.05, 4.69) is 15.1 Å². The second-order valence-corrected chi connectivity index (χ2v) is 9.48. The van der Waals surface area contributed by atoms with Gasteiger partial charge in [-0.05, 0) is 36.2 Å². The molecule has 2 saturated heterocycles. The molecule has 2 aromatic carbocycles. The summed E-state index contributed by atoms with van der Waals surface area (Å²) < 4.78 is 33.0. The van der Waals surface area contributed by atoms with Crippen LogP contribution in [0.2, 0.25) is 0 Å². The molecule has 0 saturated carbocycles. The van der Waals surface area contributed by atoms with Crippen LogP contribution in [0.1, 0.15) is 34.3 Å². The number of benzene rings is 2. The zero-order valence-electron chi connectivity index (χ0n) is 18.9. The maximum atomic E-state index is 13.6. The van der Waals surface area contributed by atoms with Crippen LogP contribution in [0, 0.1) is 11.6 Å². The van der Waals surface area contributed by atoms with Gasteiger partial charge >= 0.3 is 0 Å². The van der Waals surface area contributed by atoms with Gasteiger partial charge in [0.15, 0.2) is 11.6 Å². The molecule has 3 amide bonds. The monoisotopic (exact) mass is 482 g/mol. The summed E-state index contributed by atoms with van der Waals surface area (Å²) >= 11 is 0. The number of ether oxygens (including phenoxy) is 1. The van der Waals surface area contributed by atoms with Crippen LogP contribution < -0.4 is 15.0 Å². The van der Waals surface area contributed by atoms with Crippen molar-refractivity contribution in [3.05, 3.63) is 58.7 Å². The average Bonchev–Trinajstić information content (AvgIpc) is 3.17. The molecular weight excluding hydrogens is 458 g/mol. The summed E-state index contributed by atoms with van der Waals surface area (Å²) in [5, 5.41) is 2.33. The van der Waals surface area contributed by atoms with Crippen molar-refractivity contribution in [1.82, 2.24) is 15.1 Å². The molecule has 8 nitrogen and oxygen atoms in total. The summed E-state index contributed by atoms with van der Waals surface area (Å²) in [5.74, 6) is -1.99. The van der Waals surface area contributed by atoms with E-state index in [-0.39, 0.29) is 30.8 Å². The molecule has 4 aliphatic rings. The van der Waals surface area contributed by atoms with E-state index < -0.39 is 23.6 Å². The fourth-order valence-corrected chi connectivity index (χ4v) is 5.59. The molecule has 0 aliphatic carbocycles. The summed E-state index contributed by atoms with van der Waals surface area (Å²) in [4.78, 5) is 43.0. The Bertz CT molecular complexity index is 1250. The summed E-state index contributed by atoms with van der Waals surface area (Å²) in [6.07, 6.45) is 0.525. The average molecular weight is 482 g/mol. The molecule has 0 bridgehead atoms. The number of rotatable bonds is 3. The smallest absolute Gasteiger partial charge is 0.255 e. The lowest BCUT2D eigenvalue weighted by Gasteiger charge is -2.46. The number of carbonyl (C=O) groups is 3. The van der Waals surface area contributed by atoms with E-state index >= 15 is 0 Å². The summed E-state index contributed by atoms with van der Waals surface area (Å²) in [7, 11) is 0. The van der Waals surface area contributed by atoms with E-state index in [0.29, 0.717) is 37.4 Å². The number of carbonyl (C=O) groups excluding carboxylic acids is 3. The van der Waals surface area contributed by atoms with Gasteiger partial charge in [0.05, 0.1) is 18.3 Å². The van der Waals surface area contributed by atoms with Crippen LogP contribution in [0.25, 0.3) is 0 Å². The molecule has 35 heavy (non-hydrogen) atoms. The molecule has 2 aromatic rings. The normalized spacial score (nSPS) is 24.0. The van der Waals surface area contributed by atoms with Crippen molar-refractivity contribution in [2.75, 3.05) is 31.1 Å². The topological polar surface area (TPSA) is 82.2 Å². The SMILES string of the molecule is O=C1CC[C@H](N2Cc3c(ccc4c3OC[C@@H]3CN(Cc5ccc(F)c(F)c5)CCN43)C2=O)C(=O)N1. The van der Waals surface area contributed by atoms with E-state index in [1.54, 1.807) is 12.1 Å². The van der Waals surface area contributed by atoms with Gasteiger partial charge in [-0.3, -0.25) is 24.6 Å². The Morgan fingerprint density at radius 2 is 1.89 bits per heavy atom. The van der Waals surface area contributed by atoms with E-state index in [1.165, 1.54) is 11.0 Å². The van der Waals surface area contributed by atoms with E-state index in [4.69, 9.17) is 4.74 Å². The van der Waals surface area contributed by atoms with Crippen molar-refractivity contribution in [2.45, 2.75) is 38.0 Å². The molecule has 4 aliphatic heterocycles. The summed E-state index contributed by atoms with van der Waals surface area (Å²) in [6, 6.07) is 7.11. The number of fused-ring (bicyclic) bond motifs is 5. The van der Waals surface area contributed by atoms with Crippen LogP contribution in [0.15, 0.2) is 30.3 Å². The predicted octanol–water partition coefficient (Wildman–Crippen LogP) is 1.81. The van der Waals surface area contributed by atoms with Crippen molar-refractivity contribution < 1.29 is 27.9 Å². The molecule has 6 rings (SSSR count). The lowest BCUT2D eigenvalue weighted by Crippen LogP contribution is -2.57. The van der Waals surface area contributed by atoms with Crippen LogP contribution in [-0.4, -0.2) is 65.8 Å². The second-order valence-electron chi connectivity index (χ2n) is 9.48. The highest BCUT2D eigenvalue weighted by Crippen LogP contribution is 2.43. The number of hydrogen-bond donors (Lipinski definition) is 1. The van der Waals surface area contributed by atoms with E-state index in [1.807, 2.05) is 6.07 Å². The first kappa shape index (κ1) is 22.0. The number of nitrogens with zero attached hydrogens (tertiary/aromatic N) is 3. The van der Waals surface area contributed by atoms with E-state index in [0.717, 1.165) is 36.0 Å². The molecule has 0 spiro atoms. The Hall–Kier alpha value is -3.53. The van der Waals surface area contributed by atoms with Gasteiger partial charge in [-0.2, -0.15) is 0 Å². The Morgan fingerprint density at radius 3 is 2.69 bits per heavy atom. The van der Waals surface area contributed by atoms with Crippen molar-refractivity contribution in [3.8, 4) is 5.75 Å². The lowest BCUT2D eigenvalue weighted by molar-refractivity contribution is -0.136. The van der Waals surface area contributed by atoms with Gasteiger partial charge < -0.3 is 14.5 Å². The van der Waals surface area contributed by atoms with E-state index in [9.17, 15) is 23.2 Å². The van der Waals surface area contributed by atoms with Gasteiger partial charge in [-0.1, -0.05) is 6.07 Å². The standard InChI is InChI=1S/C25H24F2N4O4/c26-18-3-1-14(9-19(18)27)10-29-7-8-30-15(11-29)13-35-23-17-12-31(21-5-6-22(32)28-24(21)33)25(34)16(17)2-4-20(23)30/h1-4,9,15,21H,5-8,10-13H2,(H,28,32,33)/t15-,21-/m0/s1. The van der Waals surface area contributed by atoms with Crippen LogP contribution >= 0.6 is 0 Å². The highest BCUT2D eigenvalue weighted by Gasteiger charge is 2.42. The minimum atomic E-state index is -0.849. The third kappa shape index (κ3) is 3.72. The first-order chi connectivity index (χ1) is 16.9. The fourth-order valence-electron chi connectivity index (χ4n) is 5.59. The molecule has 0 aromatic heterocycles. The maximum Gasteiger partial charge on any atom is 0.255 e. The third-order valence-corrected chi connectivity index (χ3v) is 7.33. The molecule has 0 radical (unpaired) electrons. The van der Waals surface area contributed by atoms with Crippen LogP contribution in [0.5, 0.6) is 5.75 Å². The van der Waals surface area contributed by atoms with Crippen LogP contribution in [-0.2, 0) is 22.7 Å². The van der Waals surface area contributed by atoms with Crippen molar-refractivity contribution in [1.29, 1.82) is 0 Å². The number of piperazine rings is 1. The Morgan fingerprint density at radius 1 is 1.03 bits per heavy atom. The highest BCUT2D eigenvalue weighted by molar-refractivity contribution is 6.06. The minimum Gasteiger partial charge on any atom is -0.489 e. The number of nitrogens with one attached hydrogen (secondary N) is 1. The highest BCUT2D eigenvalue weighted by atomic mass is 19.2. The molecule has 2 atom stereocenters. The Kier molecular flexibility index (Phi) is 5.21. The van der Waals surface area contributed by atoms with Crippen molar-refractivity contribution >= 4 is 23.4 Å². The minimum absolute atomic E-state index is 0.0861. The third-order valence-electron chi connectivity index (χ3n) is 7.33. The van der Waals surface area contributed by atoms with Crippen molar-refractivity contribution in [2.24, 2.45) is 0 Å². The van der Waals surface area contributed by atoms with Gasteiger partial charge in [-0.25, -0.2) is 8.78 Å². The zero-order valence-corrected chi connectivity index (χ0v) is 18.9. The lowest BCUT2D eigenvalue weighted by atomic mass is 10.0. The molecule has 1 N–H and O–H groups in total. The largest absolute Gasteiger partial charge is 0.489 e. The number of amides is 3. The van der Waals surface area contributed by atoms with Gasteiger partial charge in [0.1, 0.15) is 18.4 Å². The summed E-state index contributed by atoms with van der Waals surface area (Å²) in [5.41, 5.74) is 2.95. The number of halogens is 2. The van der Waals surface area contributed by atoms with Gasteiger partial charge in [0, 0.05) is 43.7 Å². The number of imide groups is 1. The number of anilines is 1. The van der Waals surface area contributed by atoms with Gasteiger partial charge in [0.2, 0.25) is 11.8 Å². The molecular formula is C25H24F2N4O4. The second kappa shape index (κ2) is 8.30.